The van der Waals surface area contributed by atoms with Gasteiger partial charge in [0.05, 0.1) is 6.61 Å². The molecule has 0 aromatic heterocycles. The van der Waals surface area contributed by atoms with Crippen LogP contribution in [0.3, 0.4) is 0 Å². The van der Waals surface area contributed by atoms with Crippen molar-refractivity contribution in [3.8, 4) is 28.0 Å². The summed E-state index contributed by atoms with van der Waals surface area (Å²) in [4.78, 5) is 2.60. The fraction of sp³-hybridized carbons (Fsp3) is 0.220. The van der Waals surface area contributed by atoms with E-state index >= 15 is 0 Å². The quantitative estimate of drug-likeness (QED) is 0.197. The number of hydrogen-bond acceptors (Lipinski definition) is 3. The molecule has 8 rings (SSSR count). The lowest BCUT2D eigenvalue weighted by Crippen LogP contribution is -2.38. The summed E-state index contributed by atoms with van der Waals surface area (Å²) in [6.07, 6.45) is 2.13. The molecule has 0 atom stereocenters. The Labute approximate surface area is 259 Å². The Morgan fingerprint density at radius 3 is 2.30 bits per heavy atom. The number of nitrogens with zero attached hydrogens (tertiary/aromatic N) is 1. The molecule has 0 saturated carbocycles. The highest BCUT2D eigenvalue weighted by Gasteiger charge is 2.43. The van der Waals surface area contributed by atoms with Gasteiger partial charge in [0, 0.05) is 37.4 Å². The highest BCUT2D eigenvalue weighted by Crippen LogP contribution is 2.48. The number of rotatable bonds is 6. The standard InChI is InChI=1S/C41H37NO2/c1-2-44-36-18-16-33-24-29(10-11-34(33)25-36)27-42-28-41(20-22-43-23-21-41)39-26-35(17-19-40(39)42)30-12-14-32(15-13-30)38-9-5-7-31-6-3-4-8-37(31)38/h3-19,24-26H,2,20-23,27-28H2,1H3. The topological polar surface area (TPSA) is 21.7 Å². The number of fused-ring (bicyclic) bond motifs is 4. The van der Waals surface area contributed by atoms with E-state index in [1.807, 2.05) is 6.92 Å². The minimum absolute atomic E-state index is 0.135. The maximum Gasteiger partial charge on any atom is 0.119 e. The summed E-state index contributed by atoms with van der Waals surface area (Å²) in [5, 5.41) is 5.05. The molecule has 6 aromatic rings. The van der Waals surface area contributed by atoms with E-state index in [0.29, 0.717) is 6.61 Å². The number of anilines is 1. The Bertz CT molecular complexity index is 1960. The molecule has 3 nitrogen and oxygen atoms in total. The first-order chi connectivity index (χ1) is 21.7. The van der Waals surface area contributed by atoms with Crippen LogP contribution in [0.4, 0.5) is 5.69 Å². The van der Waals surface area contributed by atoms with Crippen molar-refractivity contribution in [2.45, 2.75) is 31.7 Å². The fourth-order valence-corrected chi connectivity index (χ4v) is 7.45. The maximum atomic E-state index is 5.87. The molecular weight excluding hydrogens is 538 g/mol. The normalized spacial score (nSPS) is 15.6. The predicted octanol–water partition coefficient (Wildman–Crippen LogP) is 9.79. The van der Waals surface area contributed by atoms with Crippen LogP contribution in [0.25, 0.3) is 43.8 Å². The molecule has 6 aromatic carbocycles. The van der Waals surface area contributed by atoms with Gasteiger partial charge in [-0.3, -0.25) is 0 Å². The van der Waals surface area contributed by atoms with Crippen molar-refractivity contribution < 1.29 is 9.47 Å². The Hall–Kier alpha value is -4.60. The van der Waals surface area contributed by atoms with E-state index in [0.717, 1.165) is 44.9 Å². The molecule has 0 unspecified atom stereocenters. The van der Waals surface area contributed by atoms with Crippen LogP contribution in [-0.4, -0.2) is 26.4 Å². The summed E-state index contributed by atoms with van der Waals surface area (Å²) in [6.45, 7) is 6.31. The van der Waals surface area contributed by atoms with E-state index in [1.54, 1.807) is 0 Å². The molecule has 0 N–H and O–H groups in total. The van der Waals surface area contributed by atoms with Crippen LogP contribution in [0.1, 0.15) is 30.9 Å². The molecule has 218 valence electrons. The van der Waals surface area contributed by atoms with E-state index in [-0.39, 0.29) is 5.41 Å². The van der Waals surface area contributed by atoms with Crippen molar-refractivity contribution in [1.29, 1.82) is 0 Å². The van der Waals surface area contributed by atoms with Crippen LogP contribution in [0.2, 0.25) is 0 Å². The molecule has 0 bridgehead atoms. The predicted molar refractivity (Wildman–Crippen MR) is 183 cm³/mol. The lowest BCUT2D eigenvalue weighted by molar-refractivity contribution is 0.0553. The lowest BCUT2D eigenvalue weighted by Gasteiger charge is -2.34. The minimum Gasteiger partial charge on any atom is -0.494 e. The lowest BCUT2D eigenvalue weighted by atomic mass is 9.75. The van der Waals surface area contributed by atoms with Crippen LogP contribution in [0.5, 0.6) is 5.75 Å². The van der Waals surface area contributed by atoms with E-state index in [1.165, 1.54) is 60.6 Å². The van der Waals surface area contributed by atoms with E-state index in [9.17, 15) is 0 Å². The molecule has 3 heteroatoms. The average molecular weight is 576 g/mol. The Morgan fingerprint density at radius 1 is 0.682 bits per heavy atom. The van der Waals surface area contributed by atoms with Gasteiger partial charge >= 0.3 is 0 Å². The van der Waals surface area contributed by atoms with Gasteiger partial charge in [0.1, 0.15) is 5.75 Å². The second kappa shape index (κ2) is 11.2. The minimum atomic E-state index is 0.135. The highest BCUT2D eigenvalue weighted by atomic mass is 16.5. The number of benzene rings is 6. The zero-order chi connectivity index (χ0) is 29.5. The summed E-state index contributed by atoms with van der Waals surface area (Å²) in [5.41, 5.74) is 9.41. The van der Waals surface area contributed by atoms with Crippen molar-refractivity contribution in [2.24, 2.45) is 0 Å². The molecule has 1 saturated heterocycles. The molecule has 1 spiro atoms. The van der Waals surface area contributed by atoms with Crippen LogP contribution in [0, 0.1) is 0 Å². The molecule has 0 amide bonds. The average Bonchev–Trinajstić information content (AvgIpc) is 3.36. The fourth-order valence-electron chi connectivity index (χ4n) is 7.45. The van der Waals surface area contributed by atoms with Gasteiger partial charge in [0.25, 0.3) is 0 Å². The van der Waals surface area contributed by atoms with Gasteiger partial charge < -0.3 is 14.4 Å². The Morgan fingerprint density at radius 2 is 1.43 bits per heavy atom. The van der Waals surface area contributed by atoms with Crippen LogP contribution in [0.15, 0.2) is 121 Å². The summed E-state index contributed by atoms with van der Waals surface area (Å²) in [7, 11) is 0. The highest BCUT2D eigenvalue weighted by molar-refractivity contribution is 5.97. The largest absolute Gasteiger partial charge is 0.494 e. The van der Waals surface area contributed by atoms with Gasteiger partial charge in [0.2, 0.25) is 0 Å². The van der Waals surface area contributed by atoms with E-state index in [4.69, 9.17) is 9.47 Å². The summed E-state index contributed by atoms with van der Waals surface area (Å²) >= 11 is 0. The zero-order valence-corrected chi connectivity index (χ0v) is 25.3. The molecule has 44 heavy (non-hydrogen) atoms. The van der Waals surface area contributed by atoms with E-state index < -0.39 is 0 Å². The van der Waals surface area contributed by atoms with Crippen molar-refractivity contribution in [2.75, 3.05) is 31.3 Å². The molecule has 1 fully saturated rings. The second-order valence-corrected chi connectivity index (χ2v) is 12.4. The molecular formula is C41H37NO2. The first kappa shape index (κ1) is 27.0. The van der Waals surface area contributed by atoms with Crippen molar-refractivity contribution >= 4 is 27.2 Å². The SMILES string of the molecule is CCOc1ccc2cc(CN3CC4(CCOCC4)c4cc(-c5ccc(-c6cccc7ccccc67)cc5)ccc43)ccc2c1. The monoisotopic (exact) mass is 575 g/mol. The molecule has 0 aliphatic carbocycles. The summed E-state index contributed by atoms with van der Waals surface area (Å²) < 4.78 is 11.6. The first-order valence-corrected chi connectivity index (χ1v) is 15.9. The Balaban J connectivity index is 1.11. The molecule has 0 radical (unpaired) electrons. The summed E-state index contributed by atoms with van der Waals surface area (Å²) in [5.74, 6) is 0.932. The number of ether oxygens (including phenoxy) is 2. The third-order valence-electron chi connectivity index (χ3n) is 9.73. The van der Waals surface area contributed by atoms with Gasteiger partial charge in [-0.05, 0) is 105 Å². The van der Waals surface area contributed by atoms with Gasteiger partial charge in [-0.15, -0.1) is 0 Å². The van der Waals surface area contributed by atoms with Gasteiger partial charge in [0.15, 0.2) is 0 Å². The zero-order valence-electron chi connectivity index (χ0n) is 25.3. The summed E-state index contributed by atoms with van der Waals surface area (Å²) in [6, 6.07) is 44.7. The van der Waals surface area contributed by atoms with Crippen LogP contribution >= 0.6 is 0 Å². The first-order valence-electron chi connectivity index (χ1n) is 15.9. The molecule has 2 heterocycles. The Kier molecular flexibility index (Phi) is 6.84. The third kappa shape index (κ3) is 4.82. The van der Waals surface area contributed by atoms with E-state index in [2.05, 4.69) is 126 Å². The van der Waals surface area contributed by atoms with Crippen LogP contribution in [-0.2, 0) is 16.7 Å². The molecule has 2 aliphatic heterocycles. The van der Waals surface area contributed by atoms with Crippen molar-refractivity contribution in [3.05, 3.63) is 132 Å². The molecule has 2 aliphatic rings. The van der Waals surface area contributed by atoms with Crippen molar-refractivity contribution in [1.82, 2.24) is 0 Å². The van der Waals surface area contributed by atoms with Gasteiger partial charge in [-0.25, -0.2) is 0 Å². The van der Waals surface area contributed by atoms with Crippen LogP contribution < -0.4 is 9.64 Å². The number of hydrogen-bond donors (Lipinski definition) is 0. The van der Waals surface area contributed by atoms with Gasteiger partial charge in [-0.2, -0.15) is 0 Å². The third-order valence-corrected chi connectivity index (χ3v) is 9.73. The van der Waals surface area contributed by atoms with Crippen molar-refractivity contribution in [3.63, 3.8) is 0 Å². The second-order valence-electron chi connectivity index (χ2n) is 12.4. The van der Waals surface area contributed by atoms with Gasteiger partial charge in [-0.1, -0.05) is 91.0 Å². The smallest absolute Gasteiger partial charge is 0.119 e. The maximum absolute atomic E-state index is 5.87.